The summed E-state index contributed by atoms with van der Waals surface area (Å²) in [5, 5.41) is 16.6. The van der Waals surface area contributed by atoms with E-state index in [4.69, 9.17) is 0 Å². The lowest BCUT2D eigenvalue weighted by atomic mass is 9.96. The van der Waals surface area contributed by atoms with E-state index in [1.165, 1.54) is 0 Å². The van der Waals surface area contributed by atoms with Crippen LogP contribution in [0.1, 0.15) is 45.7 Å². The minimum absolute atomic E-state index is 0.531. The van der Waals surface area contributed by atoms with Gasteiger partial charge in [-0.05, 0) is 25.8 Å². The molecule has 1 atom stereocenters. The number of carbonyl (C=O) groups is 1. The molecule has 0 saturated carbocycles. The molecule has 0 spiro atoms. The lowest BCUT2D eigenvalue weighted by molar-refractivity contribution is -0.144. The number of nitrogens with zero attached hydrogens (tertiary/aromatic N) is 2. The van der Waals surface area contributed by atoms with Crippen molar-refractivity contribution in [3.05, 3.63) is 18.0 Å². The summed E-state index contributed by atoms with van der Waals surface area (Å²) in [4.78, 5) is 11.3. The van der Waals surface area contributed by atoms with Crippen molar-refractivity contribution in [2.45, 2.75) is 58.7 Å². The number of carboxylic acids is 1. The number of rotatable bonds is 8. The van der Waals surface area contributed by atoms with Crippen molar-refractivity contribution < 1.29 is 9.90 Å². The standard InChI is InChI=1S/C13H23N3O2/c1-4-7-13(3,12(17)18)14-10-11-6-8-15-16(11)9-5-2/h6,8,14H,4-5,7,9-10H2,1-3H3,(H,17,18). The van der Waals surface area contributed by atoms with E-state index in [-0.39, 0.29) is 0 Å². The largest absolute Gasteiger partial charge is 0.480 e. The molecule has 0 aliphatic heterocycles. The molecule has 1 unspecified atom stereocenters. The van der Waals surface area contributed by atoms with Gasteiger partial charge in [-0.1, -0.05) is 20.3 Å². The number of carboxylic acid groups (broad SMARTS) is 1. The SMILES string of the molecule is CCCn1nccc1CNC(C)(CCC)C(=O)O. The Morgan fingerprint density at radius 2 is 2.22 bits per heavy atom. The Balaban J connectivity index is 2.67. The van der Waals surface area contributed by atoms with Gasteiger partial charge in [0.1, 0.15) is 5.54 Å². The molecule has 0 amide bonds. The van der Waals surface area contributed by atoms with Gasteiger partial charge in [0.2, 0.25) is 0 Å². The van der Waals surface area contributed by atoms with Crippen LogP contribution < -0.4 is 5.32 Å². The van der Waals surface area contributed by atoms with E-state index >= 15 is 0 Å². The molecule has 0 bridgehead atoms. The van der Waals surface area contributed by atoms with Crippen LogP contribution in [0.4, 0.5) is 0 Å². The maximum absolute atomic E-state index is 11.3. The summed E-state index contributed by atoms with van der Waals surface area (Å²) in [5.74, 6) is -0.800. The van der Waals surface area contributed by atoms with Crippen molar-refractivity contribution in [2.24, 2.45) is 0 Å². The van der Waals surface area contributed by atoms with Crippen LogP contribution in [0.3, 0.4) is 0 Å². The average molecular weight is 253 g/mol. The Kier molecular flexibility index (Phi) is 5.34. The molecule has 0 aromatic carbocycles. The summed E-state index contributed by atoms with van der Waals surface area (Å²) < 4.78 is 1.92. The number of hydrogen-bond donors (Lipinski definition) is 2. The van der Waals surface area contributed by atoms with Crippen molar-refractivity contribution in [3.63, 3.8) is 0 Å². The summed E-state index contributed by atoms with van der Waals surface area (Å²) >= 11 is 0. The van der Waals surface area contributed by atoms with Crippen molar-refractivity contribution in [2.75, 3.05) is 0 Å². The van der Waals surface area contributed by atoms with Crippen molar-refractivity contribution >= 4 is 5.97 Å². The number of hydrogen-bond acceptors (Lipinski definition) is 3. The third kappa shape index (κ3) is 3.57. The van der Waals surface area contributed by atoms with Crippen LogP contribution in [-0.2, 0) is 17.9 Å². The van der Waals surface area contributed by atoms with Crippen LogP contribution in [-0.4, -0.2) is 26.4 Å². The molecule has 1 heterocycles. The summed E-state index contributed by atoms with van der Waals surface area (Å²) in [7, 11) is 0. The molecule has 0 aliphatic carbocycles. The Labute approximate surface area is 108 Å². The van der Waals surface area contributed by atoms with Gasteiger partial charge in [-0.25, -0.2) is 0 Å². The lowest BCUT2D eigenvalue weighted by Crippen LogP contribution is -2.49. The predicted molar refractivity (Wildman–Crippen MR) is 70.3 cm³/mol. The van der Waals surface area contributed by atoms with Gasteiger partial charge >= 0.3 is 5.97 Å². The third-order valence-corrected chi connectivity index (χ3v) is 3.12. The normalized spacial score (nSPS) is 14.4. The van der Waals surface area contributed by atoms with E-state index in [0.717, 1.165) is 25.1 Å². The van der Waals surface area contributed by atoms with E-state index in [1.54, 1.807) is 13.1 Å². The first-order valence-electron chi connectivity index (χ1n) is 6.52. The zero-order valence-electron chi connectivity index (χ0n) is 11.4. The van der Waals surface area contributed by atoms with E-state index in [2.05, 4.69) is 17.3 Å². The van der Waals surface area contributed by atoms with Crippen LogP contribution in [0.2, 0.25) is 0 Å². The van der Waals surface area contributed by atoms with Gasteiger partial charge in [0.05, 0.1) is 5.69 Å². The monoisotopic (exact) mass is 253 g/mol. The van der Waals surface area contributed by atoms with Crippen LogP contribution >= 0.6 is 0 Å². The molecule has 5 nitrogen and oxygen atoms in total. The first kappa shape index (κ1) is 14.7. The fourth-order valence-corrected chi connectivity index (χ4v) is 1.98. The minimum atomic E-state index is -0.865. The molecule has 5 heteroatoms. The predicted octanol–water partition coefficient (Wildman–Crippen LogP) is 2.03. The smallest absolute Gasteiger partial charge is 0.323 e. The van der Waals surface area contributed by atoms with Crippen LogP contribution in [0.25, 0.3) is 0 Å². The van der Waals surface area contributed by atoms with Crippen molar-refractivity contribution in [1.29, 1.82) is 0 Å². The fraction of sp³-hybridized carbons (Fsp3) is 0.692. The second-order valence-electron chi connectivity index (χ2n) is 4.79. The molecular weight excluding hydrogens is 230 g/mol. The van der Waals surface area contributed by atoms with E-state index < -0.39 is 11.5 Å². The summed E-state index contributed by atoms with van der Waals surface area (Å²) in [6.45, 7) is 7.21. The molecule has 0 fully saturated rings. The summed E-state index contributed by atoms with van der Waals surface area (Å²) in [6, 6.07) is 1.93. The Bertz CT molecular complexity index is 389. The van der Waals surface area contributed by atoms with Crippen LogP contribution in [0, 0.1) is 0 Å². The van der Waals surface area contributed by atoms with Crippen molar-refractivity contribution in [1.82, 2.24) is 15.1 Å². The molecule has 0 aliphatic rings. The summed E-state index contributed by atoms with van der Waals surface area (Å²) in [6.07, 6.45) is 4.22. The second-order valence-corrected chi connectivity index (χ2v) is 4.79. The van der Waals surface area contributed by atoms with E-state index in [9.17, 15) is 9.90 Å². The zero-order chi connectivity index (χ0) is 13.6. The Morgan fingerprint density at radius 3 is 2.78 bits per heavy atom. The first-order valence-corrected chi connectivity index (χ1v) is 6.52. The average Bonchev–Trinajstić information content (AvgIpc) is 2.75. The highest BCUT2D eigenvalue weighted by Crippen LogP contribution is 2.14. The van der Waals surface area contributed by atoms with E-state index in [1.807, 2.05) is 17.7 Å². The van der Waals surface area contributed by atoms with Gasteiger partial charge < -0.3 is 5.11 Å². The second kappa shape index (κ2) is 6.54. The molecule has 1 rings (SSSR count). The van der Waals surface area contributed by atoms with Crippen LogP contribution in [0.15, 0.2) is 12.3 Å². The molecule has 1 aromatic rings. The minimum Gasteiger partial charge on any atom is -0.480 e. The number of aromatic nitrogens is 2. The quantitative estimate of drug-likeness (QED) is 0.744. The van der Waals surface area contributed by atoms with Crippen LogP contribution in [0.5, 0.6) is 0 Å². The summed E-state index contributed by atoms with van der Waals surface area (Å²) in [5.41, 5.74) is 0.163. The highest BCUT2D eigenvalue weighted by Gasteiger charge is 2.31. The lowest BCUT2D eigenvalue weighted by Gasteiger charge is -2.26. The molecule has 1 aromatic heterocycles. The fourth-order valence-electron chi connectivity index (χ4n) is 1.98. The van der Waals surface area contributed by atoms with E-state index in [0.29, 0.717) is 13.0 Å². The maximum atomic E-state index is 11.3. The molecule has 2 N–H and O–H groups in total. The number of aliphatic carboxylic acids is 1. The highest BCUT2D eigenvalue weighted by atomic mass is 16.4. The van der Waals surface area contributed by atoms with Gasteiger partial charge in [-0.3, -0.25) is 14.8 Å². The van der Waals surface area contributed by atoms with Gasteiger partial charge in [0.15, 0.2) is 0 Å². The first-order chi connectivity index (χ1) is 8.53. The molecule has 102 valence electrons. The van der Waals surface area contributed by atoms with Gasteiger partial charge in [-0.2, -0.15) is 5.10 Å². The highest BCUT2D eigenvalue weighted by molar-refractivity contribution is 5.78. The maximum Gasteiger partial charge on any atom is 0.323 e. The van der Waals surface area contributed by atoms with Gasteiger partial charge in [0, 0.05) is 19.3 Å². The van der Waals surface area contributed by atoms with Gasteiger partial charge in [-0.15, -0.1) is 0 Å². The van der Waals surface area contributed by atoms with Gasteiger partial charge in [0.25, 0.3) is 0 Å². The zero-order valence-corrected chi connectivity index (χ0v) is 11.4. The number of nitrogens with one attached hydrogen (secondary N) is 1. The molecule has 0 saturated heterocycles. The topological polar surface area (TPSA) is 67.2 Å². The molecular formula is C13H23N3O2. The Morgan fingerprint density at radius 1 is 1.50 bits per heavy atom. The molecule has 0 radical (unpaired) electrons. The third-order valence-electron chi connectivity index (χ3n) is 3.12. The Hall–Kier alpha value is -1.36. The van der Waals surface area contributed by atoms with Crippen molar-refractivity contribution in [3.8, 4) is 0 Å². The number of aryl methyl sites for hydroxylation is 1. The molecule has 18 heavy (non-hydrogen) atoms.